The van der Waals surface area contributed by atoms with E-state index in [0.717, 1.165) is 52.4 Å². The van der Waals surface area contributed by atoms with Crippen molar-refractivity contribution in [3.05, 3.63) is 39.3 Å². The number of nitrogens with one attached hydrogen (secondary N) is 1. The lowest BCUT2D eigenvalue weighted by molar-refractivity contribution is -0.118. The first-order chi connectivity index (χ1) is 15.0. The smallest absolute Gasteiger partial charge is 0.138 e. The monoisotopic (exact) mass is 460 g/mol. The van der Waals surface area contributed by atoms with E-state index >= 15 is 0 Å². The summed E-state index contributed by atoms with van der Waals surface area (Å²) >= 11 is 3.34. The van der Waals surface area contributed by atoms with Gasteiger partial charge >= 0.3 is 0 Å². The number of hydrogen-bond acceptors (Lipinski definition) is 6. The van der Waals surface area contributed by atoms with Crippen LogP contribution in [0.25, 0.3) is 20.8 Å². The minimum Gasteiger partial charge on any atom is -0.385 e. The average Bonchev–Trinajstić information content (AvgIpc) is 3.28. The minimum atomic E-state index is -0.271. The van der Waals surface area contributed by atoms with Gasteiger partial charge in [-0.25, -0.2) is 9.37 Å². The van der Waals surface area contributed by atoms with E-state index in [9.17, 15) is 9.18 Å². The lowest BCUT2D eigenvalue weighted by Crippen LogP contribution is -2.35. The van der Waals surface area contributed by atoms with Gasteiger partial charge in [-0.1, -0.05) is 6.42 Å². The Morgan fingerprint density at radius 1 is 1.26 bits per heavy atom. The molecular formula is C24H29FN2O2S2. The summed E-state index contributed by atoms with van der Waals surface area (Å²) in [6.07, 6.45) is 4.86. The molecule has 166 valence electrons. The predicted molar refractivity (Wildman–Crippen MR) is 127 cm³/mol. The standard InChI is InChI=1S/C24H29FN2O2S2/c1-14-11-18-22(24-27-19-12-16(25)8-9-20(19)31-24)21(30-23(18)15(2)26-14)13-17(28)7-5-4-6-10-29-3/h8-9,12,14-15,26H,4-7,10-11,13H2,1-3H3/t14-,15-/m1/s1. The topological polar surface area (TPSA) is 51.2 Å². The molecule has 0 unspecified atom stereocenters. The number of fused-ring (bicyclic) bond motifs is 2. The number of carbonyl (C=O) groups excluding carboxylic acids is 1. The number of benzene rings is 1. The zero-order chi connectivity index (χ0) is 22.0. The summed E-state index contributed by atoms with van der Waals surface area (Å²) in [5.74, 6) is 0.00472. The number of aromatic nitrogens is 1. The molecule has 2 aromatic heterocycles. The van der Waals surface area contributed by atoms with Gasteiger partial charge in [0.2, 0.25) is 0 Å². The van der Waals surface area contributed by atoms with Gasteiger partial charge in [-0.15, -0.1) is 22.7 Å². The number of ether oxygens (including phenoxy) is 1. The Bertz CT molecular complexity index is 1080. The minimum absolute atomic E-state index is 0.257. The van der Waals surface area contributed by atoms with Crippen molar-refractivity contribution in [2.75, 3.05) is 13.7 Å². The number of rotatable bonds is 9. The lowest BCUT2D eigenvalue weighted by atomic mass is 9.94. The first-order valence-electron chi connectivity index (χ1n) is 10.9. The van der Waals surface area contributed by atoms with Crippen LogP contribution in [0.5, 0.6) is 0 Å². The first kappa shape index (κ1) is 22.5. The number of Topliss-reactive ketones (excluding diaryl/α,β-unsaturated/α-hetero) is 1. The van der Waals surface area contributed by atoms with Crippen molar-refractivity contribution in [1.29, 1.82) is 0 Å². The van der Waals surface area contributed by atoms with E-state index < -0.39 is 0 Å². The van der Waals surface area contributed by atoms with Gasteiger partial charge in [-0.2, -0.15) is 0 Å². The second-order valence-corrected chi connectivity index (χ2v) is 10.6. The van der Waals surface area contributed by atoms with Crippen LogP contribution >= 0.6 is 22.7 Å². The Kier molecular flexibility index (Phi) is 7.16. The Morgan fingerprint density at radius 2 is 2.10 bits per heavy atom. The van der Waals surface area contributed by atoms with Crippen LogP contribution in [-0.2, 0) is 22.4 Å². The van der Waals surface area contributed by atoms with E-state index in [4.69, 9.17) is 9.72 Å². The van der Waals surface area contributed by atoms with Crippen LogP contribution in [0.4, 0.5) is 4.39 Å². The number of thiazole rings is 1. The number of nitrogens with zero attached hydrogens (tertiary/aromatic N) is 1. The van der Waals surface area contributed by atoms with Gasteiger partial charge in [0, 0.05) is 60.0 Å². The van der Waals surface area contributed by atoms with E-state index in [1.807, 2.05) is 0 Å². The third kappa shape index (κ3) is 5.06. The van der Waals surface area contributed by atoms with Crippen molar-refractivity contribution in [2.45, 2.75) is 64.5 Å². The maximum absolute atomic E-state index is 13.7. The van der Waals surface area contributed by atoms with Crippen LogP contribution in [-0.4, -0.2) is 30.5 Å². The molecule has 1 aliphatic heterocycles. The molecule has 31 heavy (non-hydrogen) atoms. The molecule has 3 aromatic rings. The number of halogens is 1. The maximum atomic E-state index is 13.7. The normalized spacial score (nSPS) is 18.5. The summed E-state index contributed by atoms with van der Waals surface area (Å²) in [7, 11) is 1.71. The van der Waals surface area contributed by atoms with Gasteiger partial charge in [-0.3, -0.25) is 4.79 Å². The molecule has 1 aliphatic rings. The van der Waals surface area contributed by atoms with Gasteiger partial charge in [0.25, 0.3) is 0 Å². The van der Waals surface area contributed by atoms with Crippen LogP contribution in [0, 0.1) is 5.82 Å². The number of ketones is 1. The molecule has 0 spiro atoms. The summed E-state index contributed by atoms with van der Waals surface area (Å²) in [6, 6.07) is 5.39. The van der Waals surface area contributed by atoms with Crippen molar-refractivity contribution in [3.63, 3.8) is 0 Å². The number of thiophene rings is 1. The second-order valence-electron chi connectivity index (χ2n) is 8.39. The fourth-order valence-electron chi connectivity index (χ4n) is 4.35. The Balaban J connectivity index is 1.65. The molecule has 2 atom stereocenters. The highest BCUT2D eigenvalue weighted by Crippen LogP contribution is 2.45. The third-order valence-electron chi connectivity index (χ3n) is 5.77. The van der Waals surface area contributed by atoms with Crippen LogP contribution in [0.2, 0.25) is 0 Å². The predicted octanol–water partition coefficient (Wildman–Crippen LogP) is 6.08. The molecule has 1 N–H and O–H groups in total. The van der Waals surface area contributed by atoms with Gasteiger partial charge in [-0.05, 0) is 50.8 Å². The molecule has 4 rings (SSSR count). The van der Waals surface area contributed by atoms with E-state index in [0.29, 0.717) is 24.4 Å². The molecule has 0 amide bonds. The van der Waals surface area contributed by atoms with E-state index in [-0.39, 0.29) is 17.6 Å². The summed E-state index contributed by atoms with van der Waals surface area (Å²) in [5.41, 5.74) is 3.12. The number of hydrogen-bond donors (Lipinski definition) is 1. The molecule has 1 aromatic carbocycles. The number of methoxy groups -OCH3 is 1. The molecule has 0 aliphatic carbocycles. The average molecular weight is 461 g/mol. The Morgan fingerprint density at radius 3 is 2.90 bits per heavy atom. The fraction of sp³-hybridized carbons (Fsp3) is 0.500. The molecular weight excluding hydrogens is 431 g/mol. The molecule has 0 saturated heterocycles. The van der Waals surface area contributed by atoms with Gasteiger partial charge < -0.3 is 10.1 Å². The van der Waals surface area contributed by atoms with Gasteiger partial charge in [0.15, 0.2) is 0 Å². The zero-order valence-electron chi connectivity index (χ0n) is 18.3. The second kappa shape index (κ2) is 9.86. The molecule has 0 saturated carbocycles. The third-order valence-corrected chi connectivity index (χ3v) is 8.24. The molecule has 0 fully saturated rings. The highest BCUT2D eigenvalue weighted by atomic mass is 32.1. The van der Waals surface area contributed by atoms with Crippen molar-refractivity contribution in [2.24, 2.45) is 0 Å². The van der Waals surface area contributed by atoms with Gasteiger partial charge in [0.1, 0.15) is 16.6 Å². The first-order valence-corrected chi connectivity index (χ1v) is 12.6. The highest BCUT2D eigenvalue weighted by molar-refractivity contribution is 7.22. The van der Waals surface area contributed by atoms with Crippen LogP contribution < -0.4 is 5.32 Å². The largest absolute Gasteiger partial charge is 0.385 e. The van der Waals surface area contributed by atoms with Crippen LogP contribution in [0.1, 0.15) is 60.9 Å². The van der Waals surface area contributed by atoms with Crippen molar-refractivity contribution in [3.8, 4) is 10.6 Å². The molecule has 0 radical (unpaired) electrons. The number of carbonyl (C=O) groups is 1. The lowest BCUT2D eigenvalue weighted by Gasteiger charge is -2.26. The van der Waals surface area contributed by atoms with Crippen LogP contribution in [0.15, 0.2) is 18.2 Å². The van der Waals surface area contributed by atoms with E-state index in [2.05, 4.69) is 19.2 Å². The zero-order valence-corrected chi connectivity index (χ0v) is 19.9. The SMILES string of the molecule is COCCCCCC(=O)Cc1sc2c(c1-c1nc3cc(F)ccc3s1)C[C@@H](C)N[C@@H]2C. The number of unbranched alkanes of at least 4 members (excludes halogenated alkanes) is 2. The highest BCUT2D eigenvalue weighted by Gasteiger charge is 2.30. The van der Waals surface area contributed by atoms with Crippen molar-refractivity contribution >= 4 is 38.7 Å². The van der Waals surface area contributed by atoms with E-state index in [1.165, 1.54) is 22.6 Å². The summed E-state index contributed by atoms with van der Waals surface area (Å²) < 4.78 is 19.8. The van der Waals surface area contributed by atoms with Crippen molar-refractivity contribution in [1.82, 2.24) is 10.3 Å². The fourth-order valence-corrected chi connectivity index (χ4v) is 6.83. The summed E-state index contributed by atoms with van der Waals surface area (Å²) in [5, 5.41) is 4.52. The quantitative estimate of drug-likeness (QED) is 0.393. The molecule has 7 heteroatoms. The van der Waals surface area contributed by atoms with Crippen molar-refractivity contribution < 1.29 is 13.9 Å². The molecule has 0 bridgehead atoms. The molecule has 4 nitrogen and oxygen atoms in total. The summed E-state index contributed by atoms with van der Waals surface area (Å²) in [4.78, 5) is 20.0. The Labute approximate surface area is 190 Å². The summed E-state index contributed by atoms with van der Waals surface area (Å²) in [6.45, 7) is 5.13. The van der Waals surface area contributed by atoms with Crippen LogP contribution in [0.3, 0.4) is 0 Å². The molecule has 3 heterocycles. The van der Waals surface area contributed by atoms with E-state index in [1.54, 1.807) is 35.8 Å². The Hall–Kier alpha value is -1.67. The van der Waals surface area contributed by atoms with Gasteiger partial charge in [0.05, 0.1) is 10.2 Å². The maximum Gasteiger partial charge on any atom is 0.138 e.